The van der Waals surface area contributed by atoms with Crippen LogP contribution in [-0.4, -0.2) is 14.0 Å². The summed E-state index contributed by atoms with van der Waals surface area (Å²) in [6.07, 6.45) is 4.00. The summed E-state index contributed by atoms with van der Waals surface area (Å²) in [6, 6.07) is 0. The molecule has 0 fully saturated rings. The average Bonchev–Trinajstić information content (AvgIpc) is 1.69. The standard InChI is InChI=1S/C5H11ClSe/c1-2-3-4-5-7-6/h2-5H2,1H3. The van der Waals surface area contributed by atoms with E-state index >= 15 is 0 Å². The molecule has 0 unspecified atom stereocenters. The third-order valence-electron chi connectivity index (χ3n) is 0.825. The Morgan fingerprint density at radius 3 is 2.57 bits per heavy atom. The zero-order valence-corrected chi connectivity index (χ0v) is 7.08. The van der Waals surface area contributed by atoms with Gasteiger partial charge in [-0.1, -0.05) is 0 Å². The Hall–Kier alpha value is 0.809. The molecule has 0 amide bonds. The van der Waals surface area contributed by atoms with Gasteiger partial charge in [0.2, 0.25) is 0 Å². The summed E-state index contributed by atoms with van der Waals surface area (Å²) in [5, 5.41) is 1.25. The molecule has 2 heteroatoms. The van der Waals surface area contributed by atoms with E-state index in [1.54, 1.807) is 0 Å². The summed E-state index contributed by atoms with van der Waals surface area (Å²) in [5.41, 5.74) is 0. The molecule has 7 heavy (non-hydrogen) atoms. The number of rotatable bonds is 4. The van der Waals surface area contributed by atoms with E-state index in [1.807, 2.05) is 0 Å². The number of hydrogen-bond acceptors (Lipinski definition) is 0. The van der Waals surface area contributed by atoms with Crippen molar-refractivity contribution >= 4 is 24.1 Å². The van der Waals surface area contributed by atoms with E-state index in [-0.39, 0.29) is 0 Å². The SMILES string of the molecule is CCCCC[Se]Cl. The predicted molar refractivity (Wildman–Crippen MR) is 35.9 cm³/mol. The van der Waals surface area contributed by atoms with E-state index in [9.17, 15) is 0 Å². The molecule has 0 bridgehead atoms. The molecule has 0 N–H and O–H groups in total. The van der Waals surface area contributed by atoms with Crippen LogP contribution in [0.3, 0.4) is 0 Å². The van der Waals surface area contributed by atoms with E-state index in [1.165, 1.54) is 24.6 Å². The van der Waals surface area contributed by atoms with E-state index < -0.39 is 0 Å². The minimum atomic E-state index is 0.398. The third kappa shape index (κ3) is 6.81. The Morgan fingerprint density at radius 2 is 2.14 bits per heavy atom. The predicted octanol–water partition coefficient (Wildman–Crippen LogP) is 2.45. The van der Waals surface area contributed by atoms with Crippen LogP contribution in [0.4, 0.5) is 0 Å². The van der Waals surface area contributed by atoms with Crippen LogP contribution in [0, 0.1) is 0 Å². The fourth-order valence-corrected chi connectivity index (χ4v) is 1.63. The van der Waals surface area contributed by atoms with Crippen LogP contribution in [0.1, 0.15) is 26.2 Å². The number of unbranched alkanes of at least 4 members (excludes halogenated alkanes) is 2. The Morgan fingerprint density at radius 1 is 1.43 bits per heavy atom. The van der Waals surface area contributed by atoms with Crippen molar-refractivity contribution in [2.45, 2.75) is 31.5 Å². The van der Waals surface area contributed by atoms with Crippen LogP contribution in [-0.2, 0) is 0 Å². The molecule has 0 saturated carbocycles. The molecular formula is C5H11ClSe. The second-order valence-corrected chi connectivity index (χ2v) is 3.97. The fraction of sp³-hybridized carbons (Fsp3) is 1.00. The monoisotopic (exact) mass is 186 g/mol. The molecular weight excluding hydrogens is 174 g/mol. The minimum absolute atomic E-state index is 0.398. The molecule has 0 aromatic heterocycles. The van der Waals surface area contributed by atoms with Gasteiger partial charge in [0.1, 0.15) is 0 Å². The second-order valence-electron chi connectivity index (χ2n) is 1.52. The summed E-state index contributed by atoms with van der Waals surface area (Å²) < 4.78 is 0. The summed E-state index contributed by atoms with van der Waals surface area (Å²) >= 11 is 0.398. The van der Waals surface area contributed by atoms with E-state index in [4.69, 9.17) is 10.1 Å². The van der Waals surface area contributed by atoms with Gasteiger partial charge < -0.3 is 0 Å². The summed E-state index contributed by atoms with van der Waals surface area (Å²) in [6.45, 7) is 2.21. The summed E-state index contributed by atoms with van der Waals surface area (Å²) in [4.78, 5) is 0. The first kappa shape index (κ1) is 7.81. The number of halogens is 1. The van der Waals surface area contributed by atoms with Crippen molar-refractivity contribution in [2.75, 3.05) is 0 Å². The zero-order valence-electron chi connectivity index (χ0n) is 4.61. The molecule has 0 aliphatic rings. The van der Waals surface area contributed by atoms with Gasteiger partial charge in [-0.15, -0.1) is 0 Å². The van der Waals surface area contributed by atoms with Crippen molar-refractivity contribution in [1.29, 1.82) is 0 Å². The number of hydrogen-bond donors (Lipinski definition) is 0. The van der Waals surface area contributed by atoms with Crippen molar-refractivity contribution in [1.82, 2.24) is 0 Å². The molecule has 0 saturated heterocycles. The van der Waals surface area contributed by atoms with Crippen LogP contribution in [0.25, 0.3) is 0 Å². The Labute approximate surface area is 56.0 Å². The summed E-state index contributed by atoms with van der Waals surface area (Å²) in [7, 11) is 5.50. The van der Waals surface area contributed by atoms with E-state index in [0.717, 1.165) is 0 Å². The molecule has 0 nitrogen and oxygen atoms in total. The molecule has 0 radical (unpaired) electrons. The maximum absolute atomic E-state index is 5.50. The van der Waals surface area contributed by atoms with Gasteiger partial charge in [-0.2, -0.15) is 0 Å². The van der Waals surface area contributed by atoms with Gasteiger partial charge in [0, 0.05) is 0 Å². The van der Waals surface area contributed by atoms with Gasteiger partial charge >= 0.3 is 55.6 Å². The van der Waals surface area contributed by atoms with Gasteiger partial charge in [0.25, 0.3) is 0 Å². The molecule has 0 aromatic carbocycles. The molecule has 0 spiro atoms. The van der Waals surface area contributed by atoms with Crippen molar-refractivity contribution in [2.24, 2.45) is 0 Å². The first-order valence-corrected chi connectivity index (χ1v) is 6.11. The van der Waals surface area contributed by atoms with Crippen LogP contribution < -0.4 is 0 Å². The molecule has 44 valence electrons. The van der Waals surface area contributed by atoms with Gasteiger partial charge in [0.15, 0.2) is 0 Å². The van der Waals surface area contributed by atoms with Crippen LogP contribution in [0.2, 0.25) is 5.32 Å². The average molecular weight is 186 g/mol. The maximum atomic E-state index is 5.50. The zero-order chi connectivity index (χ0) is 5.54. The van der Waals surface area contributed by atoms with Crippen molar-refractivity contribution in [3.63, 3.8) is 0 Å². The molecule has 0 aliphatic heterocycles. The fourth-order valence-electron chi connectivity index (χ4n) is 0.407. The van der Waals surface area contributed by atoms with Gasteiger partial charge in [-0.25, -0.2) is 0 Å². The topological polar surface area (TPSA) is 0 Å². The Balaban J connectivity index is 2.45. The third-order valence-corrected chi connectivity index (χ3v) is 2.56. The quantitative estimate of drug-likeness (QED) is 0.466. The Kier molecular flexibility index (Phi) is 7.60. The molecule has 0 rings (SSSR count). The van der Waals surface area contributed by atoms with Gasteiger partial charge in [-0.05, 0) is 0 Å². The van der Waals surface area contributed by atoms with Crippen molar-refractivity contribution < 1.29 is 0 Å². The van der Waals surface area contributed by atoms with Crippen molar-refractivity contribution in [3.05, 3.63) is 0 Å². The molecule has 0 atom stereocenters. The second kappa shape index (κ2) is 6.81. The van der Waals surface area contributed by atoms with Crippen LogP contribution >= 0.6 is 10.1 Å². The molecule has 0 heterocycles. The molecule has 0 aliphatic carbocycles. The summed E-state index contributed by atoms with van der Waals surface area (Å²) in [5.74, 6) is 0. The molecule has 0 aromatic rings. The Bertz CT molecular complexity index is 27.3. The first-order chi connectivity index (χ1) is 3.41. The van der Waals surface area contributed by atoms with Gasteiger partial charge in [0.05, 0.1) is 0 Å². The van der Waals surface area contributed by atoms with Gasteiger partial charge in [-0.3, -0.25) is 0 Å². The van der Waals surface area contributed by atoms with E-state index in [0.29, 0.717) is 14.0 Å². The first-order valence-electron chi connectivity index (χ1n) is 2.65. The van der Waals surface area contributed by atoms with Crippen molar-refractivity contribution in [3.8, 4) is 0 Å². The normalized spacial score (nSPS) is 9.43. The van der Waals surface area contributed by atoms with Crippen LogP contribution in [0.15, 0.2) is 0 Å². The van der Waals surface area contributed by atoms with Crippen LogP contribution in [0.5, 0.6) is 0 Å². The van der Waals surface area contributed by atoms with E-state index in [2.05, 4.69) is 6.92 Å².